The number of amides is 2. The summed E-state index contributed by atoms with van der Waals surface area (Å²) in [6.07, 6.45) is -5.15. The molecule has 2 aromatic rings. The average Bonchev–Trinajstić information content (AvgIpc) is 2.82. The minimum atomic E-state index is -4.66. The van der Waals surface area contributed by atoms with Gasteiger partial charge in [-0.2, -0.15) is 13.2 Å². The molecule has 1 aliphatic heterocycles. The molecule has 1 N–H and O–H groups in total. The minimum absolute atomic E-state index is 0.0237. The Labute approximate surface area is 224 Å². The van der Waals surface area contributed by atoms with Crippen LogP contribution in [0.4, 0.5) is 23.7 Å². The fourth-order valence-electron chi connectivity index (χ4n) is 3.90. The molecule has 1 saturated heterocycles. The second-order valence-electron chi connectivity index (χ2n) is 9.55. The summed E-state index contributed by atoms with van der Waals surface area (Å²) >= 11 is 7.68. The van der Waals surface area contributed by atoms with Crippen molar-refractivity contribution in [2.75, 3.05) is 36.8 Å². The van der Waals surface area contributed by atoms with E-state index in [-0.39, 0.29) is 44.0 Å². The van der Waals surface area contributed by atoms with Crippen LogP contribution in [0.1, 0.15) is 49.2 Å². The lowest BCUT2D eigenvalue weighted by molar-refractivity contribution is -0.137. The number of nitrogens with zero attached hydrogens (tertiary/aromatic N) is 2. The van der Waals surface area contributed by atoms with Gasteiger partial charge in [0.15, 0.2) is 0 Å². The third-order valence-corrected chi connectivity index (χ3v) is 6.83. The summed E-state index contributed by atoms with van der Waals surface area (Å²) in [6.45, 7) is 8.28. The van der Waals surface area contributed by atoms with E-state index in [2.05, 4.69) is 5.32 Å². The van der Waals surface area contributed by atoms with Crippen LogP contribution in [0.25, 0.3) is 0 Å². The number of thioether (sulfide) groups is 1. The number of alkyl halides is 3. The predicted octanol–water partition coefficient (Wildman–Crippen LogP) is 6.46. The summed E-state index contributed by atoms with van der Waals surface area (Å²) < 4.78 is 47.4. The molecule has 6 nitrogen and oxygen atoms in total. The number of anilines is 1. The molecule has 0 spiro atoms. The van der Waals surface area contributed by atoms with Gasteiger partial charge in [0.25, 0.3) is 5.91 Å². The maximum Gasteiger partial charge on any atom is 0.418 e. The van der Waals surface area contributed by atoms with E-state index in [1.807, 2.05) is 13.0 Å². The number of carbonyl (C=O) groups is 2. The van der Waals surface area contributed by atoms with Crippen molar-refractivity contribution in [3.8, 4) is 0 Å². The highest BCUT2D eigenvalue weighted by molar-refractivity contribution is 7.99. The van der Waals surface area contributed by atoms with Crippen LogP contribution < -0.4 is 10.2 Å². The largest absolute Gasteiger partial charge is 0.444 e. The lowest BCUT2D eigenvalue weighted by atomic mass is 10.1. The lowest BCUT2D eigenvalue weighted by Crippen LogP contribution is -2.50. The van der Waals surface area contributed by atoms with E-state index in [0.29, 0.717) is 5.02 Å². The van der Waals surface area contributed by atoms with Crippen LogP contribution in [0, 0.1) is 0 Å². The second kappa shape index (κ2) is 11.9. The molecule has 1 aliphatic rings. The van der Waals surface area contributed by atoms with Gasteiger partial charge >= 0.3 is 12.3 Å². The zero-order valence-electron chi connectivity index (χ0n) is 21.2. The smallest absolute Gasteiger partial charge is 0.418 e. The summed E-state index contributed by atoms with van der Waals surface area (Å²) in [5.41, 5.74) is -0.865. The van der Waals surface area contributed by atoms with E-state index >= 15 is 0 Å². The van der Waals surface area contributed by atoms with E-state index < -0.39 is 29.3 Å². The molecular weight excluding hydrogens is 527 g/mol. The highest BCUT2D eigenvalue weighted by atomic mass is 35.5. The number of halogens is 4. The van der Waals surface area contributed by atoms with Crippen molar-refractivity contribution in [2.45, 2.75) is 50.9 Å². The molecule has 0 radical (unpaired) electrons. The molecule has 0 bridgehead atoms. The Morgan fingerprint density at radius 3 is 2.32 bits per heavy atom. The van der Waals surface area contributed by atoms with Gasteiger partial charge < -0.3 is 19.9 Å². The Hall–Kier alpha value is -2.59. The molecule has 0 saturated carbocycles. The Balaban J connectivity index is 1.73. The molecule has 1 fully saturated rings. The molecule has 2 amide bonds. The van der Waals surface area contributed by atoms with Crippen LogP contribution >= 0.6 is 23.4 Å². The number of nitrogens with one attached hydrogen (secondary N) is 1. The van der Waals surface area contributed by atoms with Crippen molar-refractivity contribution in [3.05, 3.63) is 58.1 Å². The Bertz CT molecular complexity index is 1130. The van der Waals surface area contributed by atoms with E-state index in [4.69, 9.17) is 16.3 Å². The Kier molecular flexibility index (Phi) is 9.28. The van der Waals surface area contributed by atoms with Crippen molar-refractivity contribution in [1.82, 2.24) is 10.2 Å². The number of rotatable bonds is 6. The van der Waals surface area contributed by atoms with Crippen LogP contribution in [-0.4, -0.2) is 54.4 Å². The first-order chi connectivity index (χ1) is 17.3. The Morgan fingerprint density at radius 2 is 1.73 bits per heavy atom. The van der Waals surface area contributed by atoms with Gasteiger partial charge in [-0.3, -0.25) is 4.79 Å². The molecule has 0 aliphatic carbocycles. The summed E-state index contributed by atoms with van der Waals surface area (Å²) in [7, 11) is 0. The topological polar surface area (TPSA) is 61.9 Å². The number of carbonyl (C=O) groups excluding carboxylic acids is 2. The molecule has 0 unspecified atom stereocenters. The van der Waals surface area contributed by atoms with Gasteiger partial charge in [0.1, 0.15) is 5.60 Å². The van der Waals surface area contributed by atoms with Gasteiger partial charge in [-0.25, -0.2) is 4.79 Å². The molecule has 202 valence electrons. The number of hydrogen-bond donors (Lipinski definition) is 1. The third kappa shape index (κ3) is 7.95. The number of piperazine rings is 1. The average molecular weight is 558 g/mol. The molecule has 3 rings (SSSR count). The normalized spacial score (nSPS) is 14.5. The quantitative estimate of drug-likeness (QED) is 0.413. The van der Waals surface area contributed by atoms with Gasteiger partial charge in [-0.05, 0) is 68.5 Å². The van der Waals surface area contributed by atoms with Gasteiger partial charge in [0.2, 0.25) is 0 Å². The van der Waals surface area contributed by atoms with Crippen LogP contribution in [0.15, 0.2) is 41.3 Å². The summed E-state index contributed by atoms with van der Waals surface area (Å²) in [5, 5.41) is 3.22. The van der Waals surface area contributed by atoms with Crippen LogP contribution in [0.5, 0.6) is 0 Å². The molecule has 11 heteroatoms. The van der Waals surface area contributed by atoms with Crippen LogP contribution in [0.3, 0.4) is 0 Å². The van der Waals surface area contributed by atoms with Gasteiger partial charge in [0, 0.05) is 53.9 Å². The van der Waals surface area contributed by atoms with Crippen molar-refractivity contribution < 1.29 is 27.5 Å². The van der Waals surface area contributed by atoms with Crippen molar-refractivity contribution in [1.29, 1.82) is 0 Å². The van der Waals surface area contributed by atoms with Gasteiger partial charge in [0.05, 0.1) is 5.56 Å². The molecule has 2 aromatic carbocycles. The fraction of sp³-hybridized carbons (Fsp3) is 0.462. The summed E-state index contributed by atoms with van der Waals surface area (Å²) in [4.78, 5) is 29.1. The first-order valence-corrected chi connectivity index (χ1v) is 13.3. The van der Waals surface area contributed by atoms with E-state index in [1.54, 1.807) is 49.6 Å². The standard InChI is InChI=1S/C26H31ClF3N3O3S/c1-5-37-22-9-7-19(27)14-18(22)16-31-23(34)17-6-8-21(20(15-17)26(28,29)30)32-10-12-33(13-11-32)24(35)36-25(2,3)4/h6-9,14-15H,5,10-13,16H2,1-4H3,(H,31,34). The molecule has 37 heavy (non-hydrogen) atoms. The molecule has 0 atom stereocenters. The first-order valence-electron chi connectivity index (χ1n) is 11.9. The summed E-state index contributed by atoms with van der Waals surface area (Å²) in [6, 6.07) is 8.94. The predicted molar refractivity (Wildman–Crippen MR) is 140 cm³/mol. The van der Waals surface area contributed by atoms with Crippen molar-refractivity contribution >= 4 is 41.1 Å². The van der Waals surface area contributed by atoms with Crippen LogP contribution in [-0.2, 0) is 17.5 Å². The lowest BCUT2D eigenvalue weighted by Gasteiger charge is -2.37. The van der Waals surface area contributed by atoms with Crippen molar-refractivity contribution in [2.24, 2.45) is 0 Å². The highest BCUT2D eigenvalue weighted by Gasteiger charge is 2.37. The monoisotopic (exact) mass is 557 g/mol. The van der Waals surface area contributed by atoms with Crippen LogP contribution in [0.2, 0.25) is 5.02 Å². The number of benzene rings is 2. The third-order valence-electron chi connectivity index (χ3n) is 5.60. The number of hydrogen-bond acceptors (Lipinski definition) is 5. The zero-order valence-corrected chi connectivity index (χ0v) is 22.8. The second-order valence-corrected chi connectivity index (χ2v) is 11.3. The maximum atomic E-state index is 14.0. The fourth-order valence-corrected chi connectivity index (χ4v) is 4.88. The Morgan fingerprint density at radius 1 is 1.05 bits per heavy atom. The highest BCUT2D eigenvalue weighted by Crippen LogP contribution is 2.38. The SMILES string of the molecule is CCSc1ccc(Cl)cc1CNC(=O)c1ccc(N2CCN(C(=O)OC(C)(C)C)CC2)c(C(F)(F)F)c1. The first kappa shape index (κ1) is 29.0. The van der Waals surface area contributed by atoms with Crippen molar-refractivity contribution in [3.63, 3.8) is 0 Å². The van der Waals surface area contributed by atoms with E-state index in [1.165, 1.54) is 17.0 Å². The number of ether oxygens (including phenoxy) is 1. The molecule has 1 heterocycles. The van der Waals surface area contributed by atoms with E-state index in [9.17, 15) is 22.8 Å². The van der Waals surface area contributed by atoms with Gasteiger partial charge in [-0.1, -0.05) is 18.5 Å². The maximum absolute atomic E-state index is 14.0. The summed E-state index contributed by atoms with van der Waals surface area (Å²) in [5.74, 6) is 0.213. The minimum Gasteiger partial charge on any atom is -0.444 e. The molecule has 0 aromatic heterocycles. The zero-order chi connectivity index (χ0) is 27.4. The van der Waals surface area contributed by atoms with Gasteiger partial charge in [-0.15, -0.1) is 11.8 Å². The molecular formula is C26H31ClF3N3O3S. The van der Waals surface area contributed by atoms with E-state index in [0.717, 1.165) is 22.3 Å².